The van der Waals surface area contributed by atoms with Crippen LogP contribution in [0.4, 0.5) is 29.3 Å². The summed E-state index contributed by atoms with van der Waals surface area (Å²) in [6.45, 7) is 0. The number of hydrogen-bond acceptors (Lipinski definition) is 2. The molecule has 1 heterocycles. The molecule has 1 saturated carbocycles. The third-order valence-electron chi connectivity index (χ3n) is 5.26. The molecule has 0 radical (unpaired) electrons. The molecule has 2 aromatic carbocycles. The van der Waals surface area contributed by atoms with E-state index in [1.807, 2.05) is 30.3 Å². The molecule has 2 aliphatic rings. The normalized spacial score (nSPS) is 19.6. The van der Waals surface area contributed by atoms with E-state index >= 15 is 0 Å². The Bertz CT molecular complexity index is 1010. The van der Waals surface area contributed by atoms with Gasteiger partial charge in [-0.1, -0.05) is 18.2 Å². The number of nitrogens with zero attached hydrogens (tertiary/aromatic N) is 3. The molecule has 2 amide bonds. The van der Waals surface area contributed by atoms with Gasteiger partial charge in [-0.25, -0.2) is 0 Å². The van der Waals surface area contributed by atoms with Crippen LogP contribution in [0, 0.1) is 11.3 Å². The number of benzene rings is 2. The number of anilines is 1. The predicted octanol–water partition coefficient (Wildman–Crippen LogP) is 5.24. The second-order valence-corrected chi connectivity index (χ2v) is 6.92. The Morgan fingerprint density at radius 1 is 1.11 bits per heavy atom. The first kappa shape index (κ1) is 18.2. The first-order valence-electron chi connectivity index (χ1n) is 9.07. The van der Waals surface area contributed by atoms with Crippen molar-refractivity contribution >= 4 is 23.1 Å². The highest BCUT2D eigenvalue weighted by atomic mass is 19.4. The van der Waals surface area contributed by atoms with E-state index in [0.29, 0.717) is 6.42 Å². The molecule has 0 saturated heterocycles. The number of urea groups is 1. The SMILES string of the molecule is N#Cc1ccc([N+]2=C3CCCC[C@@H]3N(c3ccccc3)C2=O)cc1C(F)(F)F. The highest BCUT2D eigenvalue weighted by Gasteiger charge is 2.50. The maximum absolute atomic E-state index is 13.4. The first-order valence-corrected chi connectivity index (χ1v) is 9.07. The molecule has 4 nitrogen and oxygen atoms in total. The van der Waals surface area contributed by atoms with Crippen molar-refractivity contribution in [3.63, 3.8) is 0 Å². The van der Waals surface area contributed by atoms with Crippen molar-refractivity contribution in [1.82, 2.24) is 0 Å². The molecular weight excluding hydrogens is 367 g/mol. The zero-order chi connectivity index (χ0) is 19.9. The third kappa shape index (κ3) is 2.95. The van der Waals surface area contributed by atoms with Gasteiger partial charge in [0, 0.05) is 6.42 Å². The number of rotatable bonds is 2. The number of fused-ring (bicyclic) bond motifs is 1. The number of alkyl halides is 3. The fourth-order valence-corrected chi connectivity index (χ4v) is 4.04. The van der Waals surface area contributed by atoms with Gasteiger partial charge >= 0.3 is 12.2 Å². The topological polar surface area (TPSA) is 47.1 Å². The highest BCUT2D eigenvalue weighted by Crippen LogP contribution is 2.37. The minimum Gasteiger partial charge on any atom is -0.196 e. The summed E-state index contributed by atoms with van der Waals surface area (Å²) >= 11 is 0. The number of hydrogen-bond donors (Lipinski definition) is 0. The van der Waals surface area contributed by atoms with Crippen molar-refractivity contribution in [3.05, 3.63) is 59.7 Å². The molecule has 1 atom stereocenters. The molecule has 0 N–H and O–H groups in total. The minimum absolute atomic E-state index is 0.150. The van der Waals surface area contributed by atoms with E-state index in [4.69, 9.17) is 5.26 Å². The van der Waals surface area contributed by atoms with Gasteiger partial charge in [0.05, 0.1) is 17.2 Å². The Morgan fingerprint density at radius 2 is 1.86 bits per heavy atom. The molecule has 0 unspecified atom stereocenters. The van der Waals surface area contributed by atoms with Gasteiger partial charge in [-0.2, -0.15) is 32.7 Å². The van der Waals surface area contributed by atoms with Crippen LogP contribution in [0.25, 0.3) is 0 Å². The molecule has 0 aromatic heterocycles. The molecule has 0 spiro atoms. The van der Waals surface area contributed by atoms with Crippen molar-refractivity contribution in [2.24, 2.45) is 0 Å². The Hall–Kier alpha value is -3.14. The Kier molecular flexibility index (Phi) is 4.42. The summed E-state index contributed by atoms with van der Waals surface area (Å²) in [5.41, 5.74) is 0.220. The lowest BCUT2D eigenvalue weighted by molar-refractivity contribution is -0.326. The molecule has 0 bridgehead atoms. The summed E-state index contributed by atoms with van der Waals surface area (Å²) in [5, 5.41) is 9.02. The lowest BCUT2D eigenvalue weighted by atomic mass is 9.92. The summed E-state index contributed by atoms with van der Waals surface area (Å²) in [6, 6.07) is 13.7. The molecule has 7 heteroatoms. The van der Waals surface area contributed by atoms with E-state index in [9.17, 15) is 18.0 Å². The molecular formula is C21H17F3N3O+. The van der Waals surface area contributed by atoms with Crippen molar-refractivity contribution in [1.29, 1.82) is 5.26 Å². The van der Waals surface area contributed by atoms with Gasteiger partial charge < -0.3 is 0 Å². The van der Waals surface area contributed by atoms with Crippen LogP contribution in [0.15, 0.2) is 48.5 Å². The van der Waals surface area contributed by atoms with E-state index < -0.39 is 17.3 Å². The van der Waals surface area contributed by atoms with Crippen LogP contribution in [0.3, 0.4) is 0 Å². The standard InChI is InChI=1S/C21H17F3N3O/c22-21(23,24)17-12-16(11-10-14(17)13-25)27-19-9-5-4-8-18(19)26(20(27)28)15-6-2-1-3-7-15/h1-3,6-7,10-12,18H,4-5,8-9H2/q+1/t18-/m0/s1. The van der Waals surface area contributed by atoms with Crippen LogP contribution in [-0.2, 0) is 6.18 Å². The zero-order valence-corrected chi connectivity index (χ0v) is 14.9. The van der Waals surface area contributed by atoms with Crippen molar-refractivity contribution < 1.29 is 22.5 Å². The van der Waals surface area contributed by atoms with Gasteiger partial charge in [0.25, 0.3) is 0 Å². The van der Waals surface area contributed by atoms with Crippen LogP contribution >= 0.6 is 0 Å². The quantitative estimate of drug-likeness (QED) is 0.665. The van der Waals surface area contributed by atoms with Crippen molar-refractivity contribution in [2.75, 3.05) is 4.90 Å². The van der Waals surface area contributed by atoms with Crippen LogP contribution in [0.1, 0.15) is 36.8 Å². The third-order valence-corrected chi connectivity index (χ3v) is 5.26. The van der Waals surface area contributed by atoms with Crippen LogP contribution < -0.4 is 4.90 Å². The second kappa shape index (κ2) is 6.79. The van der Waals surface area contributed by atoms with Gasteiger partial charge in [0.1, 0.15) is 17.1 Å². The largest absolute Gasteiger partial charge is 0.504 e. The molecule has 142 valence electrons. The van der Waals surface area contributed by atoms with Crippen molar-refractivity contribution in [3.8, 4) is 6.07 Å². The van der Waals surface area contributed by atoms with Crippen molar-refractivity contribution in [2.45, 2.75) is 37.9 Å². The molecule has 4 rings (SSSR count). The van der Waals surface area contributed by atoms with Gasteiger partial charge in [-0.15, -0.1) is 0 Å². The van der Waals surface area contributed by atoms with Gasteiger partial charge in [-0.3, -0.25) is 0 Å². The van der Waals surface area contributed by atoms with Crippen LogP contribution in [-0.4, -0.2) is 22.4 Å². The van der Waals surface area contributed by atoms with Gasteiger partial charge in [-0.05, 0) is 49.6 Å². The lowest BCUT2D eigenvalue weighted by Gasteiger charge is -2.21. The summed E-state index contributed by atoms with van der Waals surface area (Å²) in [5.74, 6) is 0. The first-order chi connectivity index (χ1) is 13.4. The van der Waals surface area contributed by atoms with Gasteiger partial charge in [0.15, 0.2) is 6.04 Å². The second-order valence-electron chi connectivity index (χ2n) is 6.92. The van der Waals surface area contributed by atoms with Crippen LogP contribution in [0.5, 0.6) is 0 Å². The average Bonchev–Trinajstić information content (AvgIpc) is 2.99. The Morgan fingerprint density at radius 3 is 2.54 bits per heavy atom. The summed E-state index contributed by atoms with van der Waals surface area (Å²) in [6.07, 6.45) is -1.39. The molecule has 1 aliphatic heterocycles. The number of para-hydroxylation sites is 1. The maximum atomic E-state index is 13.4. The van der Waals surface area contributed by atoms with Crippen LogP contribution in [0.2, 0.25) is 0 Å². The van der Waals surface area contributed by atoms with E-state index in [2.05, 4.69) is 0 Å². The fourth-order valence-electron chi connectivity index (χ4n) is 4.04. The highest BCUT2D eigenvalue weighted by molar-refractivity contribution is 6.07. The number of carbonyl (C=O) groups is 1. The molecule has 2 aromatic rings. The Labute approximate surface area is 160 Å². The van der Waals surface area contributed by atoms with E-state index in [0.717, 1.165) is 42.8 Å². The molecule has 1 fully saturated rings. The molecule has 28 heavy (non-hydrogen) atoms. The van der Waals surface area contributed by atoms with E-state index in [-0.39, 0.29) is 17.8 Å². The smallest absolute Gasteiger partial charge is 0.196 e. The Balaban J connectivity index is 1.85. The monoisotopic (exact) mass is 384 g/mol. The number of amides is 2. The van der Waals surface area contributed by atoms with E-state index in [1.165, 1.54) is 10.6 Å². The minimum atomic E-state index is -4.67. The summed E-state index contributed by atoms with van der Waals surface area (Å²) in [7, 11) is 0. The summed E-state index contributed by atoms with van der Waals surface area (Å²) in [4.78, 5) is 14.9. The lowest BCUT2D eigenvalue weighted by Crippen LogP contribution is -2.39. The zero-order valence-electron chi connectivity index (χ0n) is 14.9. The average molecular weight is 384 g/mol. The number of halogens is 3. The molecule has 1 aliphatic carbocycles. The predicted molar refractivity (Wildman–Crippen MR) is 97.7 cm³/mol. The fraction of sp³-hybridized carbons (Fsp3) is 0.286. The summed E-state index contributed by atoms with van der Waals surface area (Å²) < 4.78 is 41.6. The maximum Gasteiger partial charge on any atom is 0.504 e. The van der Waals surface area contributed by atoms with E-state index in [1.54, 1.807) is 11.0 Å². The van der Waals surface area contributed by atoms with Gasteiger partial charge in [0.2, 0.25) is 0 Å². The number of carbonyl (C=O) groups excluding carboxylic acids is 1. The number of nitriles is 1.